The maximum atomic E-state index is 13.7. The predicted octanol–water partition coefficient (Wildman–Crippen LogP) is 2.72. The van der Waals surface area contributed by atoms with E-state index in [2.05, 4.69) is 10.6 Å². The highest BCUT2D eigenvalue weighted by Crippen LogP contribution is 2.27. The van der Waals surface area contributed by atoms with E-state index in [1.165, 1.54) is 18.9 Å². The number of halogens is 1. The fraction of sp³-hybridized carbons (Fsp3) is 0.588. The first-order valence-corrected chi connectivity index (χ1v) is 7.91. The average molecular weight is 290 g/mol. The van der Waals surface area contributed by atoms with Gasteiger partial charge in [-0.2, -0.15) is 0 Å². The van der Waals surface area contributed by atoms with Gasteiger partial charge < -0.3 is 10.6 Å². The second-order valence-electron chi connectivity index (χ2n) is 6.50. The Hall–Kier alpha value is -1.42. The Balaban J connectivity index is 1.53. The van der Waals surface area contributed by atoms with E-state index >= 15 is 0 Å². The van der Waals surface area contributed by atoms with Gasteiger partial charge in [0.05, 0.1) is 0 Å². The molecule has 114 valence electrons. The Morgan fingerprint density at radius 3 is 2.67 bits per heavy atom. The highest BCUT2D eigenvalue weighted by molar-refractivity contribution is 5.77. The number of hydrogen-bond donors (Lipinski definition) is 2. The smallest absolute Gasteiger partial charge is 0.220 e. The van der Waals surface area contributed by atoms with Gasteiger partial charge in [-0.25, -0.2) is 4.39 Å². The quantitative estimate of drug-likeness (QED) is 0.895. The van der Waals surface area contributed by atoms with E-state index in [-0.39, 0.29) is 23.7 Å². The number of amides is 1. The molecule has 2 heterocycles. The van der Waals surface area contributed by atoms with Crippen LogP contribution in [0.2, 0.25) is 0 Å². The van der Waals surface area contributed by atoms with Gasteiger partial charge in [0.1, 0.15) is 5.82 Å². The van der Waals surface area contributed by atoms with Crippen LogP contribution in [0.15, 0.2) is 24.3 Å². The minimum absolute atomic E-state index is 0.0389. The zero-order valence-electron chi connectivity index (χ0n) is 12.4. The lowest BCUT2D eigenvalue weighted by Gasteiger charge is -2.30. The predicted molar refractivity (Wildman–Crippen MR) is 80.5 cm³/mol. The molecule has 2 aliphatic rings. The van der Waals surface area contributed by atoms with E-state index in [9.17, 15) is 9.18 Å². The highest BCUT2D eigenvalue weighted by atomic mass is 19.1. The Labute approximate surface area is 125 Å². The molecule has 0 saturated carbocycles. The summed E-state index contributed by atoms with van der Waals surface area (Å²) in [4.78, 5) is 12.2. The summed E-state index contributed by atoms with van der Waals surface area (Å²) in [6, 6.07) is 8.13. The molecule has 4 heteroatoms. The molecule has 2 aliphatic heterocycles. The number of carbonyl (C=O) groups is 1. The van der Waals surface area contributed by atoms with E-state index in [0.717, 1.165) is 12.8 Å². The molecule has 3 atom stereocenters. The van der Waals surface area contributed by atoms with Crippen LogP contribution in [0.5, 0.6) is 0 Å². The second-order valence-corrected chi connectivity index (χ2v) is 6.50. The Kier molecular flexibility index (Phi) is 4.24. The largest absolute Gasteiger partial charge is 0.353 e. The third-order valence-electron chi connectivity index (χ3n) is 4.77. The van der Waals surface area contributed by atoms with Gasteiger partial charge in [-0.3, -0.25) is 4.79 Å². The number of fused-ring (bicyclic) bond motifs is 2. The van der Waals surface area contributed by atoms with Crippen molar-refractivity contribution in [2.75, 3.05) is 0 Å². The summed E-state index contributed by atoms with van der Waals surface area (Å²) in [5.74, 6) is -0.278. The maximum absolute atomic E-state index is 13.7. The van der Waals surface area contributed by atoms with Gasteiger partial charge in [0.15, 0.2) is 0 Å². The standard InChI is InChI=1S/C17H23FN2O/c1-11(15-4-2-3-5-16(15)18)8-17(21)20-14-9-12-6-7-13(10-14)19-12/h2-5,11-14,19H,6-10H2,1H3,(H,20,21). The molecule has 3 unspecified atom stereocenters. The molecule has 2 bridgehead atoms. The molecule has 2 fully saturated rings. The van der Waals surface area contributed by atoms with Crippen molar-refractivity contribution in [3.63, 3.8) is 0 Å². The summed E-state index contributed by atoms with van der Waals surface area (Å²) < 4.78 is 13.7. The van der Waals surface area contributed by atoms with Gasteiger partial charge >= 0.3 is 0 Å². The Morgan fingerprint density at radius 2 is 2.00 bits per heavy atom. The van der Waals surface area contributed by atoms with Gasteiger partial charge in [0, 0.05) is 24.5 Å². The Bertz CT molecular complexity index is 507. The third kappa shape index (κ3) is 3.43. The van der Waals surface area contributed by atoms with Gasteiger partial charge in [-0.1, -0.05) is 25.1 Å². The Morgan fingerprint density at radius 1 is 1.33 bits per heavy atom. The van der Waals surface area contributed by atoms with Crippen LogP contribution in [-0.4, -0.2) is 24.0 Å². The van der Waals surface area contributed by atoms with Crippen LogP contribution < -0.4 is 10.6 Å². The first-order chi connectivity index (χ1) is 10.1. The van der Waals surface area contributed by atoms with E-state index in [1.54, 1.807) is 12.1 Å². The lowest BCUT2D eigenvalue weighted by Crippen LogP contribution is -2.48. The maximum Gasteiger partial charge on any atom is 0.220 e. The molecular weight excluding hydrogens is 267 g/mol. The monoisotopic (exact) mass is 290 g/mol. The van der Waals surface area contributed by atoms with Crippen LogP contribution in [0.3, 0.4) is 0 Å². The summed E-state index contributed by atoms with van der Waals surface area (Å²) >= 11 is 0. The zero-order chi connectivity index (χ0) is 14.8. The lowest BCUT2D eigenvalue weighted by atomic mass is 9.95. The van der Waals surface area contributed by atoms with Crippen molar-refractivity contribution in [1.82, 2.24) is 10.6 Å². The number of piperidine rings is 1. The molecule has 2 N–H and O–H groups in total. The fourth-order valence-corrected chi connectivity index (χ4v) is 3.72. The minimum Gasteiger partial charge on any atom is -0.353 e. The molecule has 3 rings (SSSR count). The number of hydrogen-bond acceptors (Lipinski definition) is 2. The van der Waals surface area contributed by atoms with E-state index in [4.69, 9.17) is 0 Å². The summed E-state index contributed by atoms with van der Waals surface area (Å²) in [5.41, 5.74) is 0.623. The number of rotatable bonds is 4. The van der Waals surface area contributed by atoms with Crippen LogP contribution >= 0.6 is 0 Å². The third-order valence-corrected chi connectivity index (χ3v) is 4.77. The molecule has 21 heavy (non-hydrogen) atoms. The summed E-state index contributed by atoms with van der Waals surface area (Å²) in [6.07, 6.45) is 4.85. The first kappa shape index (κ1) is 14.5. The molecule has 2 saturated heterocycles. The first-order valence-electron chi connectivity index (χ1n) is 7.91. The van der Waals surface area contributed by atoms with Crippen LogP contribution in [-0.2, 0) is 4.79 Å². The normalized spacial score (nSPS) is 29.1. The lowest BCUT2D eigenvalue weighted by molar-refractivity contribution is -0.122. The van der Waals surface area contributed by atoms with Crippen molar-refractivity contribution >= 4 is 5.91 Å². The van der Waals surface area contributed by atoms with Crippen molar-refractivity contribution in [1.29, 1.82) is 0 Å². The molecule has 1 amide bonds. The molecule has 1 aromatic carbocycles. The molecule has 0 spiro atoms. The molecule has 0 radical (unpaired) electrons. The molecule has 1 aromatic rings. The zero-order valence-corrected chi connectivity index (χ0v) is 12.4. The van der Waals surface area contributed by atoms with Gasteiger partial charge in [-0.05, 0) is 43.2 Å². The van der Waals surface area contributed by atoms with E-state index in [0.29, 0.717) is 24.1 Å². The SMILES string of the molecule is CC(CC(=O)NC1CC2CCC(C1)N2)c1ccccc1F. The summed E-state index contributed by atoms with van der Waals surface area (Å²) in [7, 11) is 0. The average Bonchev–Trinajstić information content (AvgIpc) is 2.78. The number of carbonyl (C=O) groups excluding carboxylic acids is 1. The van der Waals surface area contributed by atoms with E-state index in [1.807, 2.05) is 13.0 Å². The van der Waals surface area contributed by atoms with Crippen molar-refractivity contribution in [2.24, 2.45) is 0 Å². The molecular formula is C17H23FN2O. The van der Waals surface area contributed by atoms with Gasteiger partial charge in [-0.15, -0.1) is 0 Å². The molecule has 3 nitrogen and oxygen atoms in total. The van der Waals surface area contributed by atoms with Crippen LogP contribution in [0.25, 0.3) is 0 Å². The summed E-state index contributed by atoms with van der Waals surface area (Å²) in [5, 5.41) is 6.71. The number of nitrogens with one attached hydrogen (secondary N) is 2. The van der Waals surface area contributed by atoms with E-state index < -0.39 is 0 Å². The minimum atomic E-state index is -0.224. The van der Waals surface area contributed by atoms with Crippen molar-refractivity contribution in [3.05, 3.63) is 35.6 Å². The topological polar surface area (TPSA) is 41.1 Å². The van der Waals surface area contributed by atoms with Crippen LogP contribution in [0, 0.1) is 5.82 Å². The number of benzene rings is 1. The van der Waals surface area contributed by atoms with Crippen molar-refractivity contribution < 1.29 is 9.18 Å². The fourth-order valence-electron chi connectivity index (χ4n) is 3.72. The summed E-state index contributed by atoms with van der Waals surface area (Å²) in [6.45, 7) is 1.91. The molecule has 0 aliphatic carbocycles. The highest BCUT2D eigenvalue weighted by Gasteiger charge is 2.34. The van der Waals surface area contributed by atoms with Crippen LogP contribution in [0.4, 0.5) is 4.39 Å². The van der Waals surface area contributed by atoms with Crippen LogP contribution in [0.1, 0.15) is 50.5 Å². The van der Waals surface area contributed by atoms with Crippen molar-refractivity contribution in [3.8, 4) is 0 Å². The van der Waals surface area contributed by atoms with Gasteiger partial charge in [0.25, 0.3) is 0 Å². The van der Waals surface area contributed by atoms with Crippen molar-refractivity contribution in [2.45, 2.75) is 63.1 Å². The molecule has 0 aromatic heterocycles. The second kappa shape index (κ2) is 6.14. The van der Waals surface area contributed by atoms with Gasteiger partial charge in [0.2, 0.25) is 5.91 Å².